The maximum Gasteiger partial charge on any atom is 0.246 e. The summed E-state index contributed by atoms with van der Waals surface area (Å²) >= 11 is 1.68. The first-order valence-electron chi connectivity index (χ1n) is 6.07. The van der Waals surface area contributed by atoms with Crippen molar-refractivity contribution in [2.45, 2.75) is 45.8 Å². The number of amides is 1. The van der Waals surface area contributed by atoms with Gasteiger partial charge in [-0.2, -0.15) is 0 Å². The molecule has 0 saturated heterocycles. The van der Waals surface area contributed by atoms with Crippen LogP contribution >= 0.6 is 11.3 Å². The SMILES string of the molecule is CCCC(NC(=O)COC(C)C)c1cccs1. The average Bonchev–Trinajstić information content (AvgIpc) is 2.79. The molecule has 3 nitrogen and oxygen atoms in total. The third-order valence-corrected chi connectivity index (χ3v) is 3.33. The Kier molecular flexibility index (Phi) is 6.22. The molecule has 0 aliphatic rings. The van der Waals surface area contributed by atoms with E-state index in [1.807, 2.05) is 25.3 Å². The smallest absolute Gasteiger partial charge is 0.246 e. The predicted octanol–water partition coefficient (Wildman–Crippen LogP) is 3.13. The van der Waals surface area contributed by atoms with Gasteiger partial charge in [-0.25, -0.2) is 0 Å². The van der Waals surface area contributed by atoms with Crippen molar-refractivity contribution in [2.75, 3.05) is 6.61 Å². The van der Waals surface area contributed by atoms with Crippen LogP contribution in [-0.2, 0) is 9.53 Å². The molecule has 17 heavy (non-hydrogen) atoms. The van der Waals surface area contributed by atoms with E-state index in [0.29, 0.717) is 0 Å². The maximum atomic E-state index is 11.7. The number of hydrogen-bond donors (Lipinski definition) is 1. The Morgan fingerprint density at radius 1 is 1.53 bits per heavy atom. The van der Waals surface area contributed by atoms with Gasteiger partial charge < -0.3 is 10.1 Å². The molecule has 96 valence electrons. The summed E-state index contributed by atoms with van der Waals surface area (Å²) in [5.41, 5.74) is 0. The summed E-state index contributed by atoms with van der Waals surface area (Å²) in [6, 6.07) is 4.21. The zero-order chi connectivity index (χ0) is 12.7. The lowest BCUT2D eigenvalue weighted by Crippen LogP contribution is -2.32. The van der Waals surface area contributed by atoms with Crippen molar-refractivity contribution in [3.8, 4) is 0 Å². The molecular weight excluding hydrogens is 234 g/mol. The molecule has 0 spiro atoms. The fourth-order valence-corrected chi connectivity index (χ4v) is 2.35. The van der Waals surface area contributed by atoms with Crippen molar-refractivity contribution < 1.29 is 9.53 Å². The highest BCUT2D eigenvalue weighted by atomic mass is 32.1. The third kappa shape index (κ3) is 5.33. The lowest BCUT2D eigenvalue weighted by molar-refractivity contribution is -0.127. The topological polar surface area (TPSA) is 38.3 Å². The average molecular weight is 255 g/mol. The van der Waals surface area contributed by atoms with E-state index in [1.54, 1.807) is 11.3 Å². The molecule has 1 rings (SSSR count). The van der Waals surface area contributed by atoms with Crippen molar-refractivity contribution in [1.82, 2.24) is 5.32 Å². The normalized spacial score (nSPS) is 12.7. The number of hydrogen-bond acceptors (Lipinski definition) is 3. The number of thiophene rings is 1. The van der Waals surface area contributed by atoms with Gasteiger partial charge in [-0.05, 0) is 31.7 Å². The Morgan fingerprint density at radius 2 is 2.29 bits per heavy atom. The second-order valence-electron chi connectivity index (χ2n) is 4.28. The van der Waals surface area contributed by atoms with Gasteiger partial charge in [-0.1, -0.05) is 19.4 Å². The van der Waals surface area contributed by atoms with E-state index in [2.05, 4.69) is 18.3 Å². The molecule has 0 bridgehead atoms. The maximum absolute atomic E-state index is 11.7. The summed E-state index contributed by atoms with van der Waals surface area (Å²) in [7, 11) is 0. The van der Waals surface area contributed by atoms with Crippen LogP contribution in [0.5, 0.6) is 0 Å². The van der Waals surface area contributed by atoms with Gasteiger partial charge >= 0.3 is 0 Å². The lowest BCUT2D eigenvalue weighted by atomic mass is 10.1. The van der Waals surface area contributed by atoms with E-state index in [0.717, 1.165) is 12.8 Å². The molecule has 1 atom stereocenters. The fraction of sp³-hybridized carbons (Fsp3) is 0.615. The predicted molar refractivity (Wildman–Crippen MR) is 71.2 cm³/mol. The van der Waals surface area contributed by atoms with Gasteiger partial charge in [0.25, 0.3) is 0 Å². The van der Waals surface area contributed by atoms with E-state index < -0.39 is 0 Å². The van der Waals surface area contributed by atoms with Crippen LogP contribution in [0.2, 0.25) is 0 Å². The van der Waals surface area contributed by atoms with Crippen molar-refractivity contribution >= 4 is 17.2 Å². The van der Waals surface area contributed by atoms with Crippen LogP contribution in [0.3, 0.4) is 0 Å². The largest absolute Gasteiger partial charge is 0.369 e. The van der Waals surface area contributed by atoms with Crippen LogP contribution in [0.4, 0.5) is 0 Å². The van der Waals surface area contributed by atoms with Crippen molar-refractivity contribution in [1.29, 1.82) is 0 Å². The zero-order valence-corrected chi connectivity index (χ0v) is 11.5. The number of rotatable bonds is 7. The Bertz CT molecular complexity index is 322. The molecule has 0 aliphatic carbocycles. The van der Waals surface area contributed by atoms with Crippen LogP contribution in [0.15, 0.2) is 17.5 Å². The van der Waals surface area contributed by atoms with Gasteiger partial charge in [0.15, 0.2) is 0 Å². The minimum absolute atomic E-state index is 0.0365. The van der Waals surface area contributed by atoms with Gasteiger partial charge in [0.2, 0.25) is 5.91 Å². The summed E-state index contributed by atoms with van der Waals surface area (Å²) < 4.78 is 5.29. The van der Waals surface area contributed by atoms with Crippen LogP contribution in [-0.4, -0.2) is 18.6 Å². The van der Waals surface area contributed by atoms with E-state index in [1.165, 1.54) is 4.88 Å². The summed E-state index contributed by atoms with van der Waals surface area (Å²) in [5.74, 6) is -0.0365. The van der Waals surface area contributed by atoms with Gasteiger partial charge in [0.05, 0.1) is 12.1 Å². The molecule has 0 fully saturated rings. The number of ether oxygens (including phenoxy) is 1. The first kappa shape index (κ1) is 14.2. The second kappa shape index (κ2) is 7.45. The standard InChI is InChI=1S/C13H21NO2S/c1-4-6-11(12-7-5-8-17-12)14-13(15)9-16-10(2)3/h5,7-8,10-11H,4,6,9H2,1-3H3,(H,14,15). The van der Waals surface area contributed by atoms with E-state index in [4.69, 9.17) is 4.74 Å². The number of carbonyl (C=O) groups excluding carboxylic acids is 1. The Hall–Kier alpha value is -0.870. The Balaban J connectivity index is 2.47. The minimum atomic E-state index is -0.0365. The zero-order valence-electron chi connectivity index (χ0n) is 10.7. The summed E-state index contributed by atoms with van der Waals surface area (Å²) in [5, 5.41) is 5.06. The van der Waals surface area contributed by atoms with Crippen LogP contribution in [0, 0.1) is 0 Å². The second-order valence-corrected chi connectivity index (χ2v) is 5.26. The highest BCUT2D eigenvalue weighted by Crippen LogP contribution is 2.22. The molecule has 0 aliphatic heterocycles. The fourth-order valence-electron chi connectivity index (χ4n) is 1.54. The summed E-state index contributed by atoms with van der Waals surface area (Å²) in [4.78, 5) is 12.9. The first-order valence-corrected chi connectivity index (χ1v) is 6.95. The molecule has 0 saturated carbocycles. The molecule has 0 radical (unpaired) electrons. The van der Waals surface area contributed by atoms with Crippen LogP contribution in [0.1, 0.15) is 44.5 Å². The highest BCUT2D eigenvalue weighted by molar-refractivity contribution is 7.10. The van der Waals surface area contributed by atoms with E-state index in [-0.39, 0.29) is 24.7 Å². The van der Waals surface area contributed by atoms with E-state index >= 15 is 0 Å². The third-order valence-electron chi connectivity index (χ3n) is 2.35. The van der Waals surface area contributed by atoms with Crippen molar-refractivity contribution in [3.05, 3.63) is 22.4 Å². The summed E-state index contributed by atoms with van der Waals surface area (Å²) in [6.07, 6.45) is 2.11. The molecule has 1 unspecified atom stereocenters. The first-order chi connectivity index (χ1) is 8.13. The molecular formula is C13H21NO2S. The molecule has 1 aromatic heterocycles. The molecule has 1 aromatic rings. The van der Waals surface area contributed by atoms with Gasteiger partial charge in [0.1, 0.15) is 6.61 Å². The molecule has 4 heteroatoms. The van der Waals surface area contributed by atoms with Crippen molar-refractivity contribution in [2.24, 2.45) is 0 Å². The van der Waals surface area contributed by atoms with Gasteiger partial charge in [-0.3, -0.25) is 4.79 Å². The highest BCUT2D eigenvalue weighted by Gasteiger charge is 2.14. The molecule has 1 amide bonds. The monoisotopic (exact) mass is 255 g/mol. The van der Waals surface area contributed by atoms with Crippen LogP contribution in [0.25, 0.3) is 0 Å². The van der Waals surface area contributed by atoms with Gasteiger partial charge in [-0.15, -0.1) is 11.3 Å². The number of carbonyl (C=O) groups is 1. The Morgan fingerprint density at radius 3 is 2.82 bits per heavy atom. The molecule has 1 N–H and O–H groups in total. The van der Waals surface area contributed by atoms with Gasteiger partial charge in [0, 0.05) is 4.88 Å². The summed E-state index contributed by atoms with van der Waals surface area (Å²) in [6.45, 7) is 6.12. The van der Waals surface area contributed by atoms with Crippen LogP contribution < -0.4 is 5.32 Å². The lowest BCUT2D eigenvalue weighted by Gasteiger charge is -2.17. The Labute approximate surface area is 107 Å². The molecule has 0 aromatic carbocycles. The number of nitrogens with one attached hydrogen (secondary N) is 1. The van der Waals surface area contributed by atoms with Crippen molar-refractivity contribution in [3.63, 3.8) is 0 Å². The molecule has 1 heterocycles. The quantitative estimate of drug-likeness (QED) is 0.813. The van der Waals surface area contributed by atoms with E-state index in [9.17, 15) is 4.79 Å². The minimum Gasteiger partial charge on any atom is -0.369 e.